The average molecular weight is 246 g/mol. The number of nitrogens with one attached hydrogen (secondary N) is 1. The molecule has 0 aliphatic rings. The van der Waals surface area contributed by atoms with Crippen molar-refractivity contribution in [2.24, 2.45) is 14.1 Å². The first kappa shape index (κ1) is 12.7. The summed E-state index contributed by atoms with van der Waals surface area (Å²) >= 11 is 0. The van der Waals surface area contributed by atoms with Gasteiger partial charge >= 0.3 is 0 Å². The average Bonchev–Trinajstić information content (AvgIpc) is 2.82. The van der Waals surface area contributed by atoms with Crippen molar-refractivity contribution in [2.75, 3.05) is 5.32 Å². The molecule has 4 nitrogen and oxygen atoms in total. The summed E-state index contributed by atoms with van der Waals surface area (Å²) in [4.78, 5) is 0. The van der Waals surface area contributed by atoms with E-state index in [4.69, 9.17) is 0 Å². The zero-order valence-corrected chi connectivity index (χ0v) is 11.9. The maximum Gasteiger partial charge on any atom is 0.0853 e. The van der Waals surface area contributed by atoms with Gasteiger partial charge in [0.05, 0.1) is 11.4 Å². The molecule has 98 valence electrons. The molecule has 1 N–H and O–H groups in total. The lowest BCUT2D eigenvalue weighted by Crippen LogP contribution is -2.02. The lowest BCUT2D eigenvalue weighted by Gasteiger charge is -2.06. The quantitative estimate of drug-likeness (QED) is 0.899. The second kappa shape index (κ2) is 4.88. The van der Waals surface area contributed by atoms with Gasteiger partial charge in [-0.2, -0.15) is 5.10 Å². The van der Waals surface area contributed by atoms with Crippen molar-refractivity contribution in [1.29, 1.82) is 0 Å². The molecule has 0 unspecified atom stereocenters. The molecular formula is C14H22N4. The SMILES string of the molecule is CCc1nn(C)cc1NCc1cc(C)n(C)c1C. The third kappa shape index (κ3) is 2.28. The largest absolute Gasteiger partial charge is 0.378 e. The van der Waals surface area contributed by atoms with Crippen LogP contribution in [0, 0.1) is 13.8 Å². The fraction of sp³-hybridized carbons (Fsp3) is 0.500. The van der Waals surface area contributed by atoms with Gasteiger partial charge in [-0.05, 0) is 31.9 Å². The molecule has 2 heterocycles. The summed E-state index contributed by atoms with van der Waals surface area (Å²) in [7, 11) is 4.07. The van der Waals surface area contributed by atoms with E-state index in [1.54, 1.807) is 0 Å². The molecule has 2 aromatic rings. The molecule has 0 aromatic carbocycles. The van der Waals surface area contributed by atoms with Gasteiger partial charge in [0.25, 0.3) is 0 Å². The second-order valence-electron chi connectivity index (χ2n) is 4.83. The van der Waals surface area contributed by atoms with E-state index in [0.29, 0.717) is 0 Å². The molecule has 0 bridgehead atoms. The lowest BCUT2D eigenvalue weighted by molar-refractivity contribution is 0.746. The molecule has 0 aliphatic heterocycles. The van der Waals surface area contributed by atoms with E-state index in [-0.39, 0.29) is 0 Å². The first-order chi connectivity index (χ1) is 8.52. The molecule has 0 amide bonds. The van der Waals surface area contributed by atoms with Gasteiger partial charge in [-0.25, -0.2) is 0 Å². The Labute approximate surface area is 109 Å². The molecule has 4 heteroatoms. The fourth-order valence-electron chi connectivity index (χ4n) is 2.25. The fourth-order valence-corrected chi connectivity index (χ4v) is 2.25. The van der Waals surface area contributed by atoms with Gasteiger partial charge in [0.15, 0.2) is 0 Å². The van der Waals surface area contributed by atoms with Crippen LogP contribution in [-0.2, 0) is 27.1 Å². The van der Waals surface area contributed by atoms with Crippen molar-refractivity contribution < 1.29 is 0 Å². The summed E-state index contributed by atoms with van der Waals surface area (Å²) in [5, 5.41) is 7.92. The molecule has 0 fully saturated rings. The Bertz CT molecular complexity index is 548. The minimum Gasteiger partial charge on any atom is -0.378 e. The third-order valence-corrected chi connectivity index (χ3v) is 3.59. The van der Waals surface area contributed by atoms with E-state index in [2.05, 4.69) is 48.9 Å². The Morgan fingerprint density at radius 2 is 2.00 bits per heavy atom. The summed E-state index contributed by atoms with van der Waals surface area (Å²) in [5.41, 5.74) is 6.23. The second-order valence-corrected chi connectivity index (χ2v) is 4.83. The molecule has 2 aromatic heterocycles. The Morgan fingerprint density at radius 3 is 2.56 bits per heavy atom. The minimum absolute atomic E-state index is 0.853. The summed E-state index contributed by atoms with van der Waals surface area (Å²) in [6.07, 6.45) is 3.00. The highest BCUT2D eigenvalue weighted by molar-refractivity contribution is 5.47. The maximum atomic E-state index is 4.44. The Hall–Kier alpha value is -1.71. The number of hydrogen-bond donors (Lipinski definition) is 1. The number of nitrogens with zero attached hydrogens (tertiary/aromatic N) is 3. The summed E-state index contributed by atoms with van der Waals surface area (Å²) in [6.45, 7) is 7.28. The summed E-state index contributed by atoms with van der Waals surface area (Å²) < 4.78 is 4.09. The molecule has 0 aliphatic carbocycles. The topological polar surface area (TPSA) is 34.8 Å². The zero-order chi connectivity index (χ0) is 13.3. The van der Waals surface area contributed by atoms with E-state index in [1.165, 1.54) is 17.0 Å². The van der Waals surface area contributed by atoms with Crippen LogP contribution in [0.4, 0.5) is 5.69 Å². The molecule has 0 radical (unpaired) electrons. The molecule has 2 rings (SSSR count). The van der Waals surface area contributed by atoms with Gasteiger partial charge in [-0.1, -0.05) is 6.92 Å². The Balaban J connectivity index is 2.13. The van der Waals surface area contributed by atoms with Crippen molar-refractivity contribution >= 4 is 5.69 Å². The molecule has 18 heavy (non-hydrogen) atoms. The lowest BCUT2D eigenvalue weighted by atomic mass is 10.2. The Morgan fingerprint density at radius 1 is 1.28 bits per heavy atom. The van der Waals surface area contributed by atoms with Gasteiger partial charge in [-0.15, -0.1) is 0 Å². The van der Waals surface area contributed by atoms with E-state index < -0.39 is 0 Å². The normalized spacial score (nSPS) is 10.9. The smallest absolute Gasteiger partial charge is 0.0853 e. The van der Waals surface area contributed by atoms with Crippen LogP contribution < -0.4 is 5.32 Å². The van der Waals surface area contributed by atoms with E-state index >= 15 is 0 Å². The first-order valence-electron chi connectivity index (χ1n) is 6.41. The van der Waals surface area contributed by atoms with Crippen molar-refractivity contribution in [2.45, 2.75) is 33.7 Å². The molecule has 0 atom stereocenters. The highest BCUT2D eigenvalue weighted by Crippen LogP contribution is 2.18. The van der Waals surface area contributed by atoms with Crippen LogP contribution in [0.15, 0.2) is 12.3 Å². The van der Waals surface area contributed by atoms with Crippen LogP contribution in [0.2, 0.25) is 0 Å². The highest BCUT2D eigenvalue weighted by atomic mass is 15.3. The van der Waals surface area contributed by atoms with E-state index in [9.17, 15) is 0 Å². The first-order valence-corrected chi connectivity index (χ1v) is 6.41. The third-order valence-electron chi connectivity index (χ3n) is 3.59. The zero-order valence-electron chi connectivity index (χ0n) is 11.9. The van der Waals surface area contributed by atoms with Crippen LogP contribution in [0.1, 0.15) is 29.6 Å². The Kier molecular flexibility index (Phi) is 3.45. The number of anilines is 1. The van der Waals surface area contributed by atoms with Crippen LogP contribution in [0.25, 0.3) is 0 Å². The van der Waals surface area contributed by atoms with Crippen LogP contribution in [0.3, 0.4) is 0 Å². The van der Waals surface area contributed by atoms with Crippen molar-refractivity contribution in [3.05, 3.63) is 34.9 Å². The van der Waals surface area contributed by atoms with Crippen molar-refractivity contribution in [3.8, 4) is 0 Å². The number of rotatable bonds is 4. The number of aryl methyl sites for hydroxylation is 3. The van der Waals surface area contributed by atoms with Crippen molar-refractivity contribution in [1.82, 2.24) is 14.3 Å². The van der Waals surface area contributed by atoms with E-state index in [1.807, 2.05) is 17.9 Å². The minimum atomic E-state index is 0.853. The number of aromatic nitrogens is 3. The monoisotopic (exact) mass is 246 g/mol. The molecule has 0 saturated carbocycles. The van der Waals surface area contributed by atoms with Gasteiger partial charge in [0.2, 0.25) is 0 Å². The van der Waals surface area contributed by atoms with E-state index in [0.717, 1.165) is 24.3 Å². The predicted octanol–water partition coefficient (Wildman–Crippen LogP) is 2.55. The van der Waals surface area contributed by atoms with Gasteiger partial charge < -0.3 is 9.88 Å². The summed E-state index contributed by atoms with van der Waals surface area (Å²) in [5.74, 6) is 0. The van der Waals surface area contributed by atoms with Crippen LogP contribution >= 0.6 is 0 Å². The highest BCUT2D eigenvalue weighted by Gasteiger charge is 2.08. The van der Waals surface area contributed by atoms with Crippen LogP contribution in [0.5, 0.6) is 0 Å². The molecule has 0 spiro atoms. The molecule has 0 saturated heterocycles. The van der Waals surface area contributed by atoms with Crippen LogP contribution in [-0.4, -0.2) is 14.3 Å². The standard InChI is InChI=1S/C14H22N4/c1-6-13-14(9-17(4)16-13)15-8-12-7-10(2)18(5)11(12)3/h7,9,15H,6,8H2,1-5H3. The summed E-state index contributed by atoms with van der Waals surface area (Å²) in [6, 6.07) is 2.24. The van der Waals surface area contributed by atoms with Crippen molar-refractivity contribution in [3.63, 3.8) is 0 Å². The molecular weight excluding hydrogens is 224 g/mol. The van der Waals surface area contributed by atoms with Gasteiger partial charge in [-0.3, -0.25) is 4.68 Å². The van der Waals surface area contributed by atoms with Gasteiger partial charge in [0, 0.05) is 38.2 Å². The van der Waals surface area contributed by atoms with Gasteiger partial charge in [0.1, 0.15) is 0 Å². The maximum absolute atomic E-state index is 4.44. The predicted molar refractivity (Wildman–Crippen MR) is 74.8 cm³/mol. The number of hydrogen-bond acceptors (Lipinski definition) is 2.